The molecule has 0 spiro atoms. The third-order valence-electron chi connectivity index (χ3n) is 5.06. The fraction of sp³-hybridized carbons (Fsp3) is 0.438. The Morgan fingerprint density at radius 1 is 1.17 bits per heavy atom. The van der Waals surface area contributed by atoms with Gasteiger partial charge in [-0.2, -0.15) is 0 Å². The second-order valence-corrected chi connectivity index (χ2v) is 8.82. The number of aromatic amines is 1. The summed E-state index contributed by atoms with van der Waals surface area (Å²) in [5.74, 6) is 0.101. The summed E-state index contributed by atoms with van der Waals surface area (Å²) in [7, 11) is -3.12. The molecule has 1 unspecified atom stereocenters. The molecular weight excluding hydrogens is 326 g/mol. The number of fused-ring (bicyclic) bond motifs is 3. The van der Waals surface area contributed by atoms with Crippen molar-refractivity contribution in [3.05, 3.63) is 30.5 Å². The van der Waals surface area contributed by atoms with Gasteiger partial charge in [0.05, 0.1) is 22.7 Å². The highest BCUT2D eigenvalue weighted by molar-refractivity contribution is 7.90. The first-order valence-electron chi connectivity index (χ1n) is 8.20. The molecule has 1 atom stereocenters. The minimum Gasteiger partial charge on any atom is -0.346 e. The Bertz CT molecular complexity index is 1040. The maximum absolute atomic E-state index is 12.5. The smallest absolute Gasteiger partial charge is 0.217 e. The van der Waals surface area contributed by atoms with E-state index in [9.17, 15) is 8.42 Å². The van der Waals surface area contributed by atoms with E-state index in [-0.39, 0.29) is 11.2 Å². The van der Waals surface area contributed by atoms with Crippen LogP contribution < -0.4 is 0 Å². The lowest BCUT2D eigenvalue weighted by atomic mass is 9.99. The Kier molecular flexibility index (Phi) is 2.96. The van der Waals surface area contributed by atoms with Crippen molar-refractivity contribution < 1.29 is 8.42 Å². The topological polar surface area (TPSA) is 91.8 Å². The van der Waals surface area contributed by atoms with Crippen molar-refractivity contribution in [3.8, 4) is 0 Å². The minimum absolute atomic E-state index is 0.101. The number of nitrogens with zero attached hydrogens (tertiary/aromatic N) is 4. The lowest BCUT2D eigenvalue weighted by molar-refractivity contribution is 0.471. The van der Waals surface area contributed by atoms with Gasteiger partial charge < -0.3 is 4.98 Å². The summed E-state index contributed by atoms with van der Waals surface area (Å²) in [5.41, 5.74) is 2.54. The summed E-state index contributed by atoms with van der Waals surface area (Å²) in [5, 5.41) is 1.82. The van der Waals surface area contributed by atoms with Gasteiger partial charge in [0.25, 0.3) is 0 Å². The fourth-order valence-corrected chi connectivity index (χ4v) is 5.55. The molecule has 24 heavy (non-hydrogen) atoms. The van der Waals surface area contributed by atoms with Gasteiger partial charge in [-0.15, -0.1) is 0 Å². The maximum Gasteiger partial charge on any atom is 0.217 e. The van der Waals surface area contributed by atoms with Crippen LogP contribution in [0.2, 0.25) is 0 Å². The number of rotatable bonds is 3. The molecule has 8 heteroatoms. The van der Waals surface area contributed by atoms with E-state index >= 15 is 0 Å². The van der Waals surface area contributed by atoms with E-state index in [1.807, 2.05) is 12.3 Å². The molecule has 2 aliphatic rings. The molecule has 1 saturated carbocycles. The van der Waals surface area contributed by atoms with E-state index in [1.165, 1.54) is 0 Å². The zero-order valence-electron chi connectivity index (χ0n) is 13.0. The van der Waals surface area contributed by atoms with Gasteiger partial charge in [-0.1, -0.05) is 0 Å². The lowest BCUT2D eigenvalue weighted by Crippen LogP contribution is -2.31. The molecule has 1 aliphatic carbocycles. The highest BCUT2D eigenvalue weighted by Crippen LogP contribution is 2.38. The molecule has 0 bridgehead atoms. The van der Waals surface area contributed by atoms with Crippen molar-refractivity contribution in [2.45, 2.75) is 30.4 Å². The first-order chi connectivity index (χ1) is 11.6. The minimum atomic E-state index is -3.12. The van der Waals surface area contributed by atoms with Crippen LogP contribution in [0.4, 0.5) is 0 Å². The third-order valence-corrected chi connectivity index (χ3v) is 7.42. The van der Waals surface area contributed by atoms with Crippen LogP contribution in [0.1, 0.15) is 30.9 Å². The zero-order valence-corrected chi connectivity index (χ0v) is 13.8. The number of nitrogens with one attached hydrogen (secondary N) is 1. The van der Waals surface area contributed by atoms with Crippen LogP contribution in [0.3, 0.4) is 0 Å². The van der Waals surface area contributed by atoms with Gasteiger partial charge in [0.15, 0.2) is 0 Å². The van der Waals surface area contributed by atoms with Crippen molar-refractivity contribution in [2.24, 2.45) is 0 Å². The molecule has 3 aromatic heterocycles. The molecule has 1 N–H and O–H groups in total. The van der Waals surface area contributed by atoms with Gasteiger partial charge in [-0.3, -0.25) is 0 Å². The van der Waals surface area contributed by atoms with Crippen molar-refractivity contribution >= 4 is 32.0 Å². The predicted octanol–water partition coefficient (Wildman–Crippen LogP) is 1.79. The maximum atomic E-state index is 12.5. The molecule has 5 rings (SSSR count). The number of hydrogen-bond donors (Lipinski definition) is 1. The highest BCUT2D eigenvalue weighted by Gasteiger charge is 2.43. The molecule has 0 radical (unpaired) electrons. The van der Waals surface area contributed by atoms with Crippen LogP contribution in [0.15, 0.2) is 24.8 Å². The summed E-state index contributed by atoms with van der Waals surface area (Å²) in [6.07, 6.45) is 7.55. The standard InChI is InChI=1S/C16H17N5O2S/c22-24(23,11-1-2-11)21-6-4-10(8-21)15-14-12-3-5-17-16(12)18-7-13(14)19-9-20-15/h3,5,7,9-11H,1-2,4,6,8H2,(H,17,18). The lowest BCUT2D eigenvalue weighted by Gasteiger charge is -2.16. The van der Waals surface area contributed by atoms with Crippen molar-refractivity contribution in [2.75, 3.05) is 13.1 Å². The summed E-state index contributed by atoms with van der Waals surface area (Å²) in [4.78, 5) is 16.3. The molecular formula is C16H17N5O2S. The molecule has 0 aromatic carbocycles. The number of sulfonamides is 1. The number of H-pyrrole nitrogens is 1. The van der Waals surface area contributed by atoms with Gasteiger partial charge in [-0.05, 0) is 25.3 Å². The molecule has 0 amide bonds. The SMILES string of the molecule is O=S(=O)(C1CC1)N1CCC(c2ncnc3cnc4[nH]ccc4c23)C1. The zero-order chi connectivity index (χ0) is 16.3. The van der Waals surface area contributed by atoms with Gasteiger partial charge >= 0.3 is 0 Å². The Labute approximate surface area is 139 Å². The van der Waals surface area contributed by atoms with Gasteiger partial charge in [0.2, 0.25) is 10.0 Å². The molecule has 2 fully saturated rings. The van der Waals surface area contributed by atoms with Crippen molar-refractivity contribution in [1.29, 1.82) is 0 Å². The van der Waals surface area contributed by atoms with Crippen molar-refractivity contribution in [3.63, 3.8) is 0 Å². The van der Waals surface area contributed by atoms with E-state index in [1.54, 1.807) is 16.8 Å². The van der Waals surface area contributed by atoms with Gasteiger partial charge in [0, 0.05) is 36.0 Å². The van der Waals surface area contributed by atoms with Crippen LogP contribution in [0, 0.1) is 0 Å². The molecule has 1 aliphatic heterocycles. The van der Waals surface area contributed by atoms with Gasteiger partial charge in [0.1, 0.15) is 12.0 Å². The first kappa shape index (κ1) is 14.3. The van der Waals surface area contributed by atoms with Crippen LogP contribution in [0.25, 0.3) is 21.9 Å². The molecule has 7 nitrogen and oxygen atoms in total. The van der Waals surface area contributed by atoms with Crippen LogP contribution in [0.5, 0.6) is 0 Å². The second kappa shape index (κ2) is 4.97. The van der Waals surface area contributed by atoms with E-state index in [0.29, 0.717) is 13.1 Å². The average Bonchev–Trinajstić information content (AvgIpc) is 3.15. The van der Waals surface area contributed by atoms with Crippen molar-refractivity contribution in [1.82, 2.24) is 24.2 Å². The normalized spacial score (nSPS) is 22.6. The van der Waals surface area contributed by atoms with Crippen LogP contribution in [-0.4, -0.2) is 51.0 Å². The molecule has 1 saturated heterocycles. The Hall–Kier alpha value is -2.06. The van der Waals surface area contributed by atoms with E-state index < -0.39 is 10.0 Å². The molecule has 3 aromatic rings. The summed E-state index contributed by atoms with van der Waals surface area (Å²) in [6, 6.07) is 1.98. The predicted molar refractivity (Wildman–Crippen MR) is 90.1 cm³/mol. The van der Waals surface area contributed by atoms with E-state index in [2.05, 4.69) is 19.9 Å². The van der Waals surface area contributed by atoms with Crippen LogP contribution in [-0.2, 0) is 10.0 Å². The summed E-state index contributed by atoms with van der Waals surface area (Å²) in [6.45, 7) is 1.09. The Balaban J connectivity index is 1.59. The monoisotopic (exact) mass is 343 g/mol. The number of hydrogen-bond acceptors (Lipinski definition) is 5. The van der Waals surface area contributed by atoms with E-state index in [4.69, 9.17) is 0 Å². The van der Waals surface area contributed by atoms with Gasteiger partial charge in [-0.25, -0.2) is 27.7 Å². The highest BCUT2D eigenvalue weighted by atomic mass is 32.2. The molecule has 124 valence electrons. The van der Waals surface area contributed by atoms with Crippen LogP contribution >= 0.6 is 0 Å². The Morgan fingerprint density at radius 2 is 2.04 bits per heavy atom. The number of pyridine rings is 1. The third kappa shape index (κ3) is 2.06. The van der Waals surface area contributed by atoms with E-state index in [0.717, 1.165) is 46.9 Å². The molecule has 4 heterocycles. The first-order valence-corrected chi connectivity index (χ1v) is 9.70. The summed E-state index contributed by atoms with van der Waals surface area (Å²) >= 11 is 0. The number of aromatic nitrogens is 4. The summed E-state index contributed by atoms with van der Waals surface area (Å²) < 4.78 is 26.6. The largest absolute Gasteiger partial charge is 0.346 e. The second-order valence-electron chi connectivity index (χ2n) is 6.61. The fourth-order valence-electron chi connectivity index (χ4n) is 3.65. The average molecular weight is 343 g/mol. The quantitative estimate of drug-likeness (QED) is 0.783. The Morgan fingerprint density at radius 3 is 2.88 bits per heavy atom.